The number of rotatable bonds is 3. The maximum absolute atomic E-state index is 11.9. The molecule has 0 radical (unpaired) electrons. The fraction of sp³-hybridized carbons (Fsp3) is 0.412. The second-order valence-corrected chi connectivity index (χ2v) is 6.02. The maximum atomic E-state index is 11.9. The fourth-order valence-corrected chi connectivity index (χ4v) is 3.10. The largest absolute Gasteiger partial charge is 0.508 e. The van der Waals surface area contributed by atoms with Crippen molar-refractivity contribution in [3.63, 3.8) is 0 Å². The number of aliphatic hydroxyl groups is 1. The predicted molar refractivity (Wildman–Crippen MR) is 84.7 cm³/mol. The van der Waals surface area contributed by atoms with Crippen molar-refractivity contribution in [1.29, 1.82) is 0 Å². The van der Waals surface area contributed by atoms with Crippen LogP contribution in [0.25, 0.3) is 10.8 Å². The Morgan fingerprint density at radius 3 is 2.67 bits per heavy atom. The van der Waals surface area contributed by atoms with E-state index in [0.29, 0.717) is 22.2 Å². The molecule has 2 heterocycles. The molecule has 2 aromatic rings. The molecule has 0 spiro atoms. The Morgan fingerprint density at radius 2 is 2.04 bits per heavy atom. The second kappa shape index (κ2) is 5.32. The monoisotopic (exact) mass is 333 g/mol. The van der Waals surface area contributed by atoms with Gasteiger partial charge in [-0.3, -0.25) is 9.78 Å². The highest BCUT2D eigenvalue weighted by Crippen LogP contribution is 2.50. The molecule has 2 N–H and O–H groups in total. The summed E-state index contributed by atoms with van der Waals surface area (Å²) in [6, 6.07) is 4.74. The minimum absolute atomic E-state index is 0.0194. The molecule has 128 valence electrons. The highest BCUT2D eigenvalue weighted by molar-refractivity contribution is 5.94. The number of ether oxygens (including phenoxy) is 3. The minimum Gasteiger partial charge on any atom is -0.508 e. The van der Waals surface area contributed by atoms with E-state index < -0.39 is 17.4 Å². The van der Waals surface area contributed by atoms with Crippen LogP contribution in [0.3, 0.4) is 0 Å². The van der Waals surface area contributed by atoms with Crippen LogP contribution in [0.2, 0.25) is 0 Å². The number of methoxy groups -OCH3 is 2. The van der Waals surface area contributed by atoms with Gasteiger partial charge in [-0.25, -0.2) is 0 Å². The average Bonchev–Trinajstić information content (AvgIpc) is 2.51. The van der Waals surface area contributed by atoms with Gasteiger partial charge in [0.05, 0.1) is 19.2 Å². The number of aromatic nitrogens is 1. The zero-order valence-corrected chi connectivity index (χ0v) is 13.9. The minimum atomic E-state index is -1.86. The smallest absolute Gasteiger partial charge is 0.309 e. The quantitative estimate of drug-likeness (QED) is 0.826. The van der Waals surface area contributed by atoms with Crippen LogP contribution < -0.4 is 4.74 Å². The number of esters is 1. The zero-order chi connectivity index (χ0) is 17.7. The zero-order valence-electron chi connectivity index (χ0n) is 13.9. The number of benzene rings is 1. The molecule has 1 aliphatic heterocycles. The first-order chi connectivity index (χ1) is 11.2. The first-order valence-corrected chi connectivity index (χ1v) is 7.42. The number of phenolic OH excluding ortho intramolecular Hbond substituents is 1. The molecule has 0 unspecified atom stereocenters. The molecule has 1 aromatic heterocycles. The summed E-state index contributed by atoms with van der Waals surface area (Å²) in [7, 11) is 2.60. The van der Waals surface area contributed by atoms with E-state index in [4.69, 9.17) is 14.2 Å². The fourth-order valence-electron chi connectivity index (χ4n) is 3.10. The van der Waals surface area contributed by atoms with Gasteiger partial charge in [-0.1, -0.05) is 0 Å². The Labute approximate surface area is 138 Å². The van der Waals surface area contributed by atoms with E-state index in [0.717, 1.165) is 0 Å². The van der Waals surface area contributed by atoms with E-state index in [1.165, 1.54) is 27.2 Å². The van der Waals surface area contributed by atoms with Gasteiger partial charge in [0, 0.05) is 31.2 Å². The van der Waals surface area contributed by atoms with Crippen LogP contribution in [0.5, 0.6) is 11.5 Å². The number of carbonyl (C=O) groups excluding carboxylic acids is 1. The van der Waals surface area contributed by atoms with Gasteiger partial charge in [0.15, 0.2) is 5.60 Å². The van der Waals surface area contributed by atoms with Crippen molar-refractivity contribution < 1.29 is 29.2 Å². The van der Waals surface area contributed by atoms with E-state index in [1.54, 1.807) is 19.1 Å². The first-order valence-electron chi connectivity index (χ1n) is 7.42. The van der Waals surface area contributed by atoms with Crippen LogP contribution in [0.4, 0.5) is 0 Å². The van der Waals surface area contributed by atoms with Gasteiger partial charge in [-0.15, -0.1) is 0 Å². The molecule has 0 saturated heterocycles. The molecule has 2 atom stereocenters. The van der Waals surface area contributed by atoms with Gasteiger partial charge >= 0.3 is 5.97 Å². The summed E-state index contributed by atoms with van der Waals surface area (Å²) in [6.07, 6.45) is -0.389. The van der Waals surface area contributed by atoms with Crippen LogP contribution in [0.1, 0.15) is 24.7 Å². The summed E-state index contributed by atoms with van der Waals surface area (Å²) < 4.78 is 16.0. The number of pyridine rings is 1. The van der Waals surface area contributed by atoms with Gasteiger partial charge in [0.25, 0.3) is 0 Å². The summed E-state index contributed by atoms with van der Waals surface area (Å²) >= 11 is 0. The molecular formula is C17H19NO6. The SMILES string of the molecule is COC(=O)C[C@@]1(O)c2nc(C)cc3cc(O)cc(c23)O[C@]1(C)OC. The van der Waals surface area contributed by atoms with E-state index in [1.807, 2.05) is 0 Å². The van der Waals surface area contributed by atoms with Gasteiger partial charge < -0.3 is 24.4 Å². The molecule has 0 saturated carbocycles. The van der Waals surface area contributed by atoms with Crippen molar-refractivity contribution >= 4 is 16.7 Å². The summed E-state index contributed by atoms with van der Waals surface area (Å²) in [5.74, 6) is -1.87. The van der Waals surface area contributed by atoms with Gasteiger partial charge in [0.1, 0.15) is 11.5 Å². The van der Waals surface area contributed by atoms with Crippen molar-refractivity contribution in [2.75, 3.05) is 14.2 Å². The van der Waals surface area contributed by atoms with Crippen molar-refractivity contribution in [3.8, 4) is 11.5 Å². The molecule has 24 heavy (non-hydrogen) atoms. The number of phenols is 1. The van der Waals surface area contributed by atoms with E-state index in [2.05, 4.69) is 4.98 Å². The van der Waals surface area contributed by atoms with Crippen LogP contribution >= 0.6 is 0 Å². The number of aryl methyl sites for hydroxylation is 1. The third-order valence-corrected chi connectivity index (χ3v) is 4.47. The Hall–Kier alpha value is -2.38. The third-order valence-electron chi connectivity index (χ3n) is 4.47. The van der Waals surface area contributed by atoms with E-state index >= 15 is 0 Å². The summed E-state index contributed by atoms with van der Waals surface area (Å²) in [6.45, 7) is 3.27. The Morgan fingerprint density at radius 1 is 1.33 bits per heavy atom. The molecule has 1 aromatic carbocycles. The molecule has 0 fully saturated rings. The predicted octanol–water partition coefficient (Wildman–Crippen LogP) is 1.75. The molecule has 7 heteroatoms. The first kappa shape index (κ1) is 16.5. The maximum Gasteiger partial charge on any atom is 0.309 e. The number of aromatic hydroxyl groups is 1. The van der Waals surface area contributed by atoms with Gasteiger partial charge in [-0.05, 0) is 24.4 Å². The number of hydrogen-bond acceptors (Lipinski definition) is 7. The van der Waals surface area contributed by atoms with Crippen LogP contribution in [0.15, 0.2) is 18.2 Å². The van der Waals surface area contributed by atoms with Gasteiger partial charge in [-0.2, -0.15) is 0 Å². The third kappa shape index (κ3) is 2.20. The lowest BCUT2D eigenvalue weighted by Crippen LogP contribution is -2.58. The molecule has 0 bridgehead atoms. The van der Waals surface area contributed by atoms with Crippen LogP contribution in [0, 0.1) is 6.92 Å². The summed E-state index contributed by atoms with van der Waals surface area (Å²) in [5, 5.41) is 22.5. The summed E-state index contributed by atoms with van der Waals surface area (Å²) in [5.41, 5.74) is -0.977. The highest BCUT2D eigenvalue weighted by atomic mass is 16.7. The van der Waals surface area contributed by atoms with Crippen molar-refractivity contribution in [2.45, 2.75) is 31.7 Å². The van der Waals surface area contributed by atoms with E-state index in [9.17, 15) is 15.0 Å². The van der Waals surface area contributed by atoms with Crippen molar-refractivity contribution in [1.82, 2.24) is 4.98 Å². The Kier molecular flexibility index (Phi) is 3.65. The van der Waals surface area contributed by atoms with Crippen LogP contribution in [-0.2, 0) is 19.9 Å². The lowest BCUT2D eigenvalue weighted by atomic mass is 9.81. The highest BCUT2D eigenvalue weighted by Gasteiger charge is 2.57. The normalized spacial score (nSPS) is 25.4. The number of hydrogen-bond donors (Lipinski definition) is 2. The number of carbonyl (C=O) groups is 1. The standard InChI is InChI=1S/C17H19NO6/c1-9-5-10-6-11(19)7-12-14(10)15(18-9)17(21,8-13(20)22-3)16(2,23-4)24-12/h5-7,19,21H,8H2,1-4H3/t16-,17+/m0/s1. The summed E-state index contributed by atoms with van der Waals surface area (Å²) in [4.78, 5) is 16.3. The molecule has 1 aliphatic rings. The topological polar surface area (TPSA) is 98.1 Å². The van der Waals surface area contributed by atoms with E-state index in [-0.39, 0.29) is 17.9 Å². The van der Waals surface area contributed by atoms with Gasteiger partial charge in [0.2, 0.25) is 5.79 Å². The molecular weight excluding hydrogens is 314 g/mol. The molecule has 3 rings (SSSR count). The Balaban J connectivity index is 2.37. The Bertz CT molecular complexity index is 830. The average molecular weight is 333 g/mol. The molecule has 0 aliphatic carbocycles. The second-order valence-electron chi connectivity index (χ2n) is 6.02. The van der Waals surface area contributed by atoms with Crippen molar-refractivity contribution in [2.24, 2.45) is 0 Å². The lowest BCUT2D eigenvalue weighted by molar-refractivity contribution is -0.274. The van der Waals surface area contributed by atoms with Crippen LogP contribution in [-0.4, -0.2) is 41.2 Å². The van der Waals surface area contributed by atoms with Crippen molar-refractivity contribution in [3.05, 3.63) is 29.6 Å². The molecule has 0 amide bonds. The lowest BCUT2D eigenvalue weighted by Gasteiger charge is -2.46. The molecule has 7 nitrogen and oxygen atoms in total. The number of nitrogens with zero attached hydrogens (tertiary/aromatic N) is 1.